The summed E-state index contributed by atoms with van der Waals surface area (Å²) in [7, 11) is 0. The molecule has 1 N–H and O–H groups in total. The standard InChI is InChI=1S/C18H13N5O2S2/c1-11(24)22-10-13(15(21-22)12-5-3-2-4-6-12)9-14-16(25)23(17(19)27-14)18-20-7-8-26-18/h2-10,19H,1H3. The van der Waals surface area contributed by atoms with E-state index in [0.29, 0.717) is 21.3 Å². The Hall–Kier alpha value is -3.04. The third-order valence-corrected chi connectivity index (χ3v) is 5.48. The van der Waals surface area contributed by atoms with E-state index in [9.17, 15) is 9.59 Å². The number of nitrogens with zero attached hydrogens (tertiary/aromatic N) is 4. The van der Waals surface area contributed by atoms with Gasteiger partial charge in [0.1, 0.15) is 5.69 Å². The first kappa shape index (κ1) is 17.4. The lowest BCUT2D eigenvalue weighted by Crippen LogP contribution is -2.27. The number of benzene rings is 1. The Balaban J connectivity index is 1.77. The Morgan fingerprint density at radius 1 is 1.26 bits per heavy atom. The van der Waals surface area contributed by atoms with E-state index in [1.165, 1.54) is 27.8 Å². The topological polar surface area (TPSA) is 91.9 Å². The van der Waals surface area contributed by atoms with Crippen LogP contribution in [0.1, 0.15) is 17.3 Å². The summed E-state index contributed by atoms with van der Waals surface area (Å²) in [6, 6.07) is 9.45. The van der Waals surface area contributed by atoms with Crippen molar-refractivity contribution in [1.29, 1.82) is 5.41 Å². The average molecular weight is 395 g/mol. The normalized spacial score (nSPS) is 15.7. The third kappa shape index (κ3) is 3.22. The zero-order valence-electron chi connectivity index (χ0n) is 14.1. The molecule has 7 nitrogen and oxygen atoms in total. The second-order valence-corrected chi connectivity index (χ2v) is 7.54. The monoisotopic (exact) mass is 395 g/mol. The molecule has 0 saturated carbocycles. The van der Waals surface area contributed by atoms with Crippen LogP contribution in [0.4, 0.5) is 5.13 Å². The van der Waals surface area contributed by atoms with Gasteiger partial charge in [-0.05, 0) is 17.8 Å². The molecule has 2 aromatic heterocycles. The number of hydrogen-bond donors (Lipinski definition) is 1. The summed E-state index contributed by atoms with van der Waals surface area (Å²) in [5.74, 6) is -0.533. The molecule has 0 bridgehead atoms. The lowest BCUT2D eigenvalue weighted by Gasteiger charge is -2.08. The van der Waals surface area contributed by atoms with Crippen molar-refractivity contribution in [3.05, 3.63) is 58.6 Å². The first-order valence-corrected chi connectivity index (χ1v) is 9.62. The quantitative estimate of drug-likeness (QED) is 0.683. The van der Waals surface area contributed by atoms with Gasteiger partial charge < -0.3 is 0 Å². The van der Waals surface area contributed by atoms with Crippen LogP contribution in [-0.4, -0.2) is 31.7 Å². The minimum atomic E-state index is -0.311. The second-order valence-electron chi connectivity index (χ2n) is 5.63. The Morgan fingerprint density at radius 3 is 2.70 bits per heavy atom. The Labute approximate surface area is 162 Å². The average Bonchev–Trinajstić information content (AvgIpc) is 3.37. The van der Waals surface area contributed by atoms with Crippen molar-refractivity contribution >= 4 is 51.3 Å². The molecule has 9 heteroatoms. The van der Waals surface area contributed by atoms with E-state index in [0.717, 1.165) is 17.3 Å². The van der Waals surface area contributed by atoms with Crippen molar-refractivity contribution in [2.75, 3.05) is 4.90 Å². The molecule has 0 radical (unpaired) electrons. The molecule has 0 aliphatic carbocycles. The molecule has 1 aliphatic rings. The number of nitrogens with one attached hydrogen (secondary N) is 1. The largest absolute Gasteiger partial charge is 0.278 e. The lowest BCUT2D eigenvalue weighted by molar-refractivity contribution is -0.113. The van der Waals surface area contributed by atoms with Gasteiger partial charge in [0.25, 0.3) is 5.91 Å². The minimum absolute atomic E-state index is 0.0985. The Kier molecular flexibility index (Phi) is 4.46. The van der Waals surface area contributed by atoms with Crippen LogP contribution in [0.5, 0.6) is 0 Å². The molecule has 0 atom stereocenters. The zero-order valence-corrected chi connectivity index (χ0v) is 15.8. The summed E-state index contributed by atoms with van der Waals surface area (Å²) in [6.07, 6.45) is 4.86. The van der Waals surface area contributed by atoms with Gasteiger partial charge in [-0.1, -0.05) is 30.3 Å². The number of carbonyl (C=O) groups is 2. The number of carbonyl (C=O) groups excluding carboxylic acids is 2. The molecule has 1 amide bonds. The summed E-state index contributed by atoms with van der Waals surface area (Å²) in [5.41, 5.74) is 2.08. The number of amides is 1. The molecular weight excluding hydrogens is 382 g/mol. The highest BCUT2D eigenvalue weighted by Gasteiger charge is 2.35. The fourth-order valence-electron chi connectivity index (χ4n) is 2.60. The number of aromatic nitrogens is 3. The van der Waals surface area contributed by atoms with Crippen molar-refractivity contribution in [1.82, 2.24) is 14.8 Å². The maximum atomic E-state index is 12.8. The number of thioether (sulfide) groups is 1. The van der Waals surface area contributed by atoms with Gasteiger partial charge in [0.05, 0.1) is 4.91 Å². The first-order chi connectivity index (χ1) is 13.0. The van der Waals surface area contributed by atoms with Gasteiger partial charge in [-0.15, -0.1) is 11.3 Å². The van der Waals surface area contributed by atoms with E-state index in [-0.39, 0.29) is 17.0 Å². The summed E-state index contributed by atoms with van der Waals surface area (Å²) < 4.78 is 1.25. The highest BCUT2D eigenvalue weighted by atomic mass is 32.2. The Morgan fingerprint density at radius 2 is 2.04 bits per heavy atom. The van der Waals surface area contributed by atoms with Gasteiger partial charge >= 0.3 is 0 Å². The fourth-order valence-corrected chi connectivity index (χ4v) is 4.14. The number of rotatable bonds is 3. The third-order valence-electron chi connectivity index (χ3n) is 3.83. The van der Waals surface area contributed by atoms with Crippen molar-refractivity contribution in [3.8, 4) is 11.3 Å². The molecule has 1 aromatic carbocycles. The maximum Gasteiger partial charge on any atom is 0.273 e. The van der Waals surface area contributed by atoms with Crippen molar-refractivity contribution in [3.63, 3.8) is 0 Å². The fraction of sp³-hybridized carbons (Fsp3) is 0.0556. The highest BCUT2D eigenvalue weighted by Crippen LogP contribution is 2.37. The molecule has 0 spiro atoms. The van der Waals surface area contributed by atoms with Crippen LogP contribution in [0.25, 0.3) is 17.3 Å². The molecule has 27 heavy (non-hydrogen) atoms. The SMILES string of the molecule is CC(=O)n1cc(C=C2SC(=N)N(c3nccs3)C2=O)c(-c2ccccc2)n1. The van der Waals surface area contributed by atoms with Gasteiger partial charge in [0.2, 0.25) is 5.91 Å². The molecule has 1 aliphatic heterocycles. The van der Waals surface area contributed by atoms with Crippen LogP contribution in [0.3, 0.4) is 0 Å². The van der Waals surface area contributed by atoms with E-state index in [1.54, 1.807) is 23.8 Å². The summed E-state index contributed by atoms with van der Waals surface area (Å²) in [5, 5.41) is 14.8. The number of anilines is 1. The van der Waals surface area contributed by atoms with E-state index >= 15 is 0 Å². The number of thiazole rings is 1. The van der Waals surface area contributed by atoms with E-state index in [4.69, 9.17) is 5.41 Å². The van der Waals surface area contributed by atoms with Gasteiger partial charge in [0.15, 0.2) is 10.3 Å². The minimum Gasteiger partial charge on any atom is -0.278 e. The van der Waals surface area contributed by atoms with Crippen LogP contribution in [-0.2, 0) is 4.79 Å². The van der Waals surface area contributed by atoms with Crippen molar-refractivity contribution < 1.29 is 9.59 Å². The zero-order chi connectivity index (χ0) is 19.0. The first-order valence-electron chi connectivity index (χ1n) is 7.92. The molecule has 0 unspecified atom stereocenters. The van der Waals surface area contributed by atoms with Gasteiger partial charge in [-0.2, -0.15) is 5.10 Å². The summed E-state index contributed by atoms with van der Waals surface area (Å²) in [4.78, 5) is 30.3. The molecular formula is C18H13N5O2S2. The summed E-state index contributed by atoms with van der Waals surface area (Å²) >= 11 is 2.36. The molecule has 4 rings (SSSR count). The molecule has 134 valence electrons. The maximum absolute atomic E-state index is 12.8. The predicted octanol–water partition coefficient (Wildman–Crippen LogP) is 3.72. The highest BCUT2D eigenvalue weighted by molar-refractivity contribution is 8.19. The number of hydrogen-bond acceptors (Lipinski definition) is 7. The molecule has 3 heterocycles. The molecule has 3 aromatic rings. The lowest BCUT2D eigenvalue weighted by atomic mass is 10.1. The van der Waals surface area contributed by atoms with Crippen LogP contribution >= 0.6 is 23.1 Å². The molecule has 1 saturated heterocycles. The van der Waals surface area contributed by atoms with Gasteiger partial charge in [0, 0.05) is 35.8 Å². The second kappa shape index (κ2) is 6.93. The van der Waals surface area contributed by atoms with E-state index in [1.807, 2.05) is 30.3 Å². The molecule has 1 fully saturated rings. The van der Waals surface area contributed by atoms with Gasteiger partial charge in [-0.3, -0.25) is 15.0 Å². The van der Waals surface area contributed by atoms with Gasteiger partial charge in [-0.25, -0.2) is 14.6 Å². The van der Waals surface area contributed by atoms with Crippen molar-refractivity contribution in [2.24, 2.45) is 0 Å². The van der Waals surface area contributed by atoms with Crippen LogP contribution in [0, 0.1) is 5.41 Å². The smallest absolute Gasteiger partial charge is 0.273 e. The van der Waals surface area contributed by atoms with Crippen LogP contribution in [0.15, 0.2) is 53.0 Å². The summed E-state index contributed by atoms with van der Waals surface area (Å²) in [6.45, 7) is 1.42. The van der Waals surface area contributed by atoms with Crippen molar-refractivity contribution in [2.45, 2.75) is 6.92 Å². The van der Waals surface area contributed by atoms with Crippen LogP contribution < -0.4 is 4.90 Å². The van der Waals surface area contributed by atoms with E-state index < -0.39 is 0 Å². The van der Waals surface area contributed by atoms with E-state index in [2.05, 4.69) is 10.1 Å². The number of amidine groups is 1. The Bertz CT molecular complexity index is 1070. The van der Waals surface area contributed by atoms with Crippen LogP contribution in [0.2, 0.25) is 0 Å². The predicted molar refractivity (Wildman–Crippen MR) is 107 cm³/mol.